The van der Waals surface area contributed by atoms with Gasteiger partial charge in [-0.25, -0.2) is 4.98 Å². The van der Waals surface area contributed by atoms with Gasteiger partial charge in [0.15, 0.2) is 0 Å². The highest BCUT2D eigenvalue weighted by atomic mass is 15.0. The molecule has 0 aliphatic carbocycles. The fraction of sp³-hybridized carbons (Fsp3) is 0. The number of hydrogen-bond acceptors (Lipinski definition) is 1. The molecule has 0 aliphatic rings. The molecule has 43 heavy (non-hydrogen) atoms. The molecule has 0 N–H and O–H groups in total. The summed E-state index contributed by atoms with van der Waals surface area (Å²) in [6, 6.07) is 48.3. The summed E-state index contributed by atoms with van der Waals surface area (Å²) < 4.78 is 7.08. The summed E-state index contributed by atoms with van der Waals surface area (Å²) in [6.45, 7) is 0. The van der Waals surface area contributed by atoms with Crippen LogP contribution >= 0.6 is 0 Å². The quantitative estimate of drug-likeness (QED) is 0.198. The molecule has 0 radical (unpaired) electrons. The SMILES string of the molecule is c1ccc(-n2c3cc4c(cc3c3c2ccc2c5ccccc5n(-c5ccccc5)c23)c2ccccc2n2ccnc42)cc1. The number of nitrogens with zero attached hydrogens (tertiary/aromatic N) is 4. The summed E-state index contributed by atoms with van der Waals surface area (Å²) in [5, 5.41) is 8.59. The minimum atomic E-state index is 0.976. The topological polar surface area (TPSA) is 27.2 Å². The van der Waals surface area contributed by atoms with Gasteiger partial charge in [-0.1, -0.05) is 78.9 Å². The van der Waals surface area contributed by atoms with Crippen LogP contribution < -0.4 is 0 Å². The van der Waals surface area contributed by atoms with Crippen LogP contribution in [0.25, 0.3) is 82.3 Å². The largest absolute Gasteiger partial charge is 0.309 e. The molecule has 0 fully saturated rings. The van der Waals surface area contributed by atoms with Crippen molar-refractivity contribution in [3.63, 3.8) is 0 Å². The Morgan fingerprint density at radius 3 is 1.84 bits per heavy atom. The van der Waals surface area contributed by atoms with Crippen LogP contribution in [0.3, 0.4) is 0 Å². The number of pyridine rings is 1. The number of rotatable bonds is 2. The van der Waals surface area contributed by atoms with Gasteiger partial charge in [-0.05, 0) is 60.0 Å². The number of para-hydroxylation sites is 4. The molecule has 10 aromatic rings. The Hall–Kier alpha value is -5.87. The zero-order valence-electron chi connectivity index (χ0n) is 23.1. The second kappa shape index (κ2) is 8.34. The molecule has 10 rings (SSSR count). The van der Waals surface area contributed by atoms with Gasteiger partial charge >= 0.3 is 0 Å². The van der Waals surface area contributed by atoms with E-state index in [0.717, 1.165) is 27.9 Å². The van der Waals surface area contributed by atoms with Gasteiger partial charge in [-0.3, -0.25) is 4.40 Å². The summed E-state index contributed by atoms with van der Waals surface area (Å²) >= 11 is 0. The first-order valence-corrected chi connectivity index (χ1v) is 14.7. The molecule has 0 atom stereocenters. The molecule has 4 heterocycles. The zero-order chi connectivity index (χ0) is 28.1. The van der Waals surface area contributed by atoms with Gasteiger partial charge in [0.2, 0.25) is 0 Å². The number of benzene rings is 6. The number of hydrogen-bond donors (Lipinski definition) is 0. The summed E-state index contributed by atoms with van der Waals surface area (Å²) in [5.74, 6) is 0. The van der Waals surface area contributed by atoms with Crippen molar-refractivity contribution in [2.75, 3.05) is 0 Å². The van der Waals surface area contributed by atoms with E-state index in [1.165, 1.54) is 54.4 Å². The van der Waals surface area contributed by atoms with Crippen molar-refractivity contribution in [1.82, 2.24) is 18.5 Å². The van der Waals surface area contributed by atoms with Crippen molar-refractivity contribution in [2.45, 2.75) is 0 Å². The summed E-state index contributed by atoms with van der Waals surface area (Å²) in [5.41, 5.74) is 9.24. The van der Waals surface area contributed by atoms with E-state index in [1.807, 2.05) is 6.20 Å². The van der Waals surface area contributed by atoms with Crippen LogP contribution in [-0.2, 0) is 0 Å². The third-order valence-corrected chi connectivity index (χ3v) is 9.07. The second-order valence-corrected chi connectivity index (χ2v) is 11.3. The van der Waals surface area contributed by atoms with Crippen molar-refractivity contribution >= 4 is 70.9 Å². The van der Waals surface area contributed by atoms with Crippen LogP contribution in [0.15, 0.2) is 146 Å². The normalized spacial score (nSPS) is 12.2. The number of fused-ring (bicyclic) bond motifs is 13. The van der Waals surface area contributed by atoms with Gasteiger partial charge in [0.25, 0.3) is 0 Å². The fourth-order valence-electron chi connectivity index (χ4n) is 7.32. The van der Waals surface area contributed by atoms with E-state index >= 15 is 0 Å². The molecular weight excluding hydrogens is 524 g/mol. The van der Waals surface area contributed by atoms with Crippen molar-refractivity contribution in [3.05, 3.63) is 146 Å². The molecule has 0 bridgehead atoms. The summed E-state index contributed by atoms with van der Waals surface area (Å²) in [6.07, 6.45) is 3.97. The molecule has 4 heteroatoms. The molecule has 0 saturated heterocycles. The van der Waals surface area contributed by atoms with Crippen LogP contribution in [0, 0.1) is 0 Å². The molecule has 4 nitrogen and oxygen atoms in total. The lowest BCUT2D eigenvalue weighted by molar-refractivity contribution is 1.17. The molecule has 0 amide bonds. The average Bonchev–Trinajstić information content (AvgIpc) is 3.78. The highest BCUT2D eigenvalue weighted by molar-refractivity contribution is 6.29. The maximum atomic E-state index is 4.84. The van der Waals surface area contributed by atoms with Crippen molar-refractivity contribution in [2.24, 2.45) is 0 Å². The smallest absolute Gasteiger partial charge is 0.145 e. The zero-order valence-corrected chi connectivity index (χ0v) is 23.1. The first-order valence-electron chi connectivity index (χ1n) is 14.7. The summed E-state index contributed by atoms with van der Waals surface area (Å²) in [4.78, 5) is 4.84. The van der Waals surface area contributed by atoms with E-state index in [9.17, 15) is 0 Å². The monoisotopic (exact) mass is 548 g/mol. The van der Waals surface area contributed by atoms with Gasteiger partial charge in [0.05, 0.1) is 27.6 Å². The van der Waals surface area contributed by atoms with Gasteiger partial charge in [-0.15, -0.1) is 0 Å². The second-order valence-electron chi connectivity index (χ2n) is 11.3. The van der Waals surface area contributed by atoms with E-state index in [4.69, 9.17) is 4.98 Å². The Morgan fingerprint density at radius 2 is 1.07 bits per heavy atom. The van der Waals surface area contributed by atoms with Gasteiger partial charge in [-0.2, -0.15) is 0 Å². The van der Waals surface area contributed by atoms with Gasteiger partial charge in [0.1, 0.15) is 5.65 Å². The van der Waals surface area contributed by atoms with Crippen LogP contribution in [0.2, 0.25) is 0 Å². The van der Waals surface area contributed by atoms with Gasteiger partial charge in [0, 0.05) is 56.1 Å². The maximum absolute atomic E-state index is 4.84. The van der Waals surface area contributed by atoms with Crippen LogP contribution in [-0.4, -0.2) is 18.5 Å². The lowest BCUT2D eigenvalue weighted by Crippen LogP contribution is -1.95. The third kappa shape index (κ3) is 2.97. The number of imidazole rings is 1. The Balaban J connectivity index is 1.51. The van der Waals surface area contributed by atoms with Crippen LogP contribution in [0.1, 0.15) is 0 Å². The predicted octanol–water partition coefficient (Wildman–Crippen LogP) is 9.83. The molecule has 0 saturated carbocycles. The Kier molecular flexibility index (Phi) is 4.42. The fourth-order valence-corrected chi connectivity index (χ4v) is 7.32. The average molecular weight is 549 g/mol. The third-order valence-electron chi connectivity index (χ3n) is 9.07. The highest BCUT2D eigenvalue weighted by Gasteiger charge is 2.22. The summed E-state index contributed by atoms with van der Waals surface area (Å²) in [7, 11) is 0. The van der Waals surface area contributed by atoms with Crippen LogP contribution in [0.5, 0.6) is 0 Å². The molecule has 0 aliphatic heterocycles. The standard InChI is InChI=1S/C39H24N4/c1-3-11-25(12-4-1)42-35-20-19-29-27-15-8-10-18-34(27)43(26-13-5-2-6-14-26)38(29)37(35)32-23-30-28-16-7-9-17-33(28)41-22-21-40-39(41)31(30)24-36(32)42/h1-24H. The molecule has 4 aromatic heterocycles. The molecule has 0 unspecified atom stereocenters. The van der Waals surface area contributed by atoms with E-state index in [1.54, 1.807) is 0 Å². The number of aromatic nitrogens is 4. The van der Waals surface area contributed by atoms with E-state index in [2.05, 4.69) is 153 Å². The Labute approximate surface area is 246 Å². The molecule has 200 valence electrons. The van der Waals surface area contributed by atoms with E-state index in [-0.39, 0.29) is 0 Å². The lowest BCUT2D eigenvalue weighted by atomic mass is 10.0. The van der Waals surface area contributed by atoms with E-state index in [0.29, 0.717) is 0 Å². The molecule has 6 aromatic carbocycles. The highest BCUT2D eigenvalue weighted by Crippen LogP contribution is 2.44. The lowest BCUT2D eigenvalue weighted by Gasteiger charge is -2.11. The van der Waals surface area contributed by atoms with Crippen molar-refractivity contribution in [3.8, 4) is 11.4 Å². The van der Waals surface area contributed by atoms with Gasteiger partial charge < -0.3 is 9.13 Å². The minimum absolute atomic E-state index is 0.976. The van der Waals surface area contributed by atoms with Crippen molar-refractivity contribution < 1.29 is 0 Å². The Bertz CT molecular complexity index is 2710. The molecule has 0 spiro atoms. The first-order chi connectivity index (χ1) is 21.4. The predicted molar refractivity (Wildman–Crippen MR) is 179 cm³/mol. The van der Waals surface area contributed by atoms with Crippen molar-refractivity contribution in [1.29, 1.82) is 0 Å². The minimum Gasteiger partial charge on any atom is -0.309 e. The maximum Gasteiger partial charge on any atom is 0.145 e. The Morgan fingerprint density at radius 1 is 0.419 bits per heavy atom. The first kappa shape index (κ1) is 22.8. The van der Waals surface area contributed by atoms with E-state index < -0.39 is 0 Å². The van der Waals surface area contributed by atoms with Crippen LogP contribution in [0.4, 0.5) is 0 Å². The molecular formula is C39H24N4.